The van der Waals surface area contributed by atoms with Gasteiger partial charge in [0, 0.05) is 23.1 Å². The molecule has 1 heterocycles. The van der Waals surface area contributed by atoms with Crippen molar-refractivity contribution in [3.05, 3.63) is 33.3 Å². The molecule has 1 aromatic rings. The second-order valence-corrected chi connectivity index (χ2v) is 4.99. The van der Waals surface area contributed by atoms with Crippen LogP contribution in [0, 0.1) is 0 Å². The number of alkyl halides is 1. The van der Waals surface area contributed by atoms with E-state index in [9.17, 15) is 0 Å². The molecule has 0 aliphatic carbocycles. The van der Waals surface area contributed by atoms with Crippen LogP contribution < -0.4 is 0 Å². The van der Waals surface area contributed by atoms with Gasteiger partial charge in [-0.05, 0) is 30.3 Å². The van der Waals surface area contributed by atoms with Crippen LogP contribution >= 0.6 is 34.8 Å². The molecule has 0 amide bonds. The molecule has 0 aromatic heterocycles. The molecule has 1 aromatic carbocycles. The van der Waals surface area contributed by atoms with Crippen molar-refractivity contribution in [1.29, 1.82) is 0 Å². The first-order valence-electron chi connectivity index (χ1n) is 4.38. The SMILES string of the molecule is CN1Cc2c(Cl)cc(Cl)cc2C(Cl)C1. The summed E-state index contributed by atoms with van der Waals surface area (Å²) in [6.45, 7) is 1.68. The van der Waals surface area contributed by atoms with Crippen LogP contribution in [0.4, 0.5) is 0 Å². The molecule has 2 rings (SSSR count). The smallest absolute Gasteiger partial charge is 0.0716 e. The van der Waals surface area contributed by atoms with Gasteiger partial charge in [0.25, 0.3) is 0 Å². The highest BCUT2D eigenvalue weighted by molar-refractivity contribution is 6.35. The molecule has 1 aliphatic heterocycles. The zero-order valence-electron chi connectivity index (χ0n) is 7.73. The molecule has 1 unspecified atom stereocenters. The Bertz CT molecular complexity index is 365. The molecular formula is C10H10Cl3N. The van der Waals surface area contributed by atoms with Gasteiger partial charge in [-0.25, -0.2) is 0 Å². The monoisotopic (exact) mass is 249 g/mol. The summed E-state index contributed by atoms with van der Waals surface area (Å²) in [5.74, 6) is 0. The molecule has 0 radical (unpaired) electrons. The van der Waals surface area contributed by atoms with Crippen LogP contribution in [0.3, 0.4) is 0 Å². The Hall–Kier alpha value is 0.0500. The van der Waals surface area contributed by atoms with E-state index in [-0.39, 0.29) is 5.38 Å². The molecule has 0 fully saturated rings. The van der Waals surface area contributed by atoms with Crippen LogP contribution in [0.1, 0.15) is 16.5 Å². The number of hydrogen-bond donors (Lipinski definition) is 0. The number of benzene rings is 1. The predicted molar refractivity (Wildman–Crippen MR) is 61.4 cm³/mol. The lowest BCUT2D eigenvalue weighted by atomic mass is 10.00. The minimum absolute atomic E-state index is 0.0139. The Morgan fingerprint density at radius 3 is 2.79 bits per heavy atom. The van der Waals surface area contributed by atoms with Gasteiger partial charge >= 0.3 is 0 Å². The topological polar surface area (TPSA) is 3.24 Å². The maximum absolute atomic E-state index is 6.23. The summed E-state index contributed by atoms with van der Waals surface area (Å²) < 4.78 is 0. The summed E-state index contributed by atoms with van der Waals surface area (Å²) in [6, 6.07) is 3.68. The standard InChI is InChI=1S/C10H10Cl3N/c1-14-4-8-7(10(13)5-14)2-6(11)3-9(8)12/h2-3,10H,4-5H2,1H3. The summed E-state index contributed by atoms with van der Waals surface area (Å²) in [6.07, 6.45) is 0. The quantitative estimate of drug-likeness (QED) is 0.634. The molecule has 1 aliphatic rings. The number of halogens is 3. The normalized spacial score (nSPS) is 22.1. The lowest BCUT2D eigenvalue weighted by Crippen LogP contribution is -2.28. The number of rotatable bonds is 0. The summed E-state index contributed by atoms with van der Waals surface area (Å²) in [4.78, 5) is 2.15. The van der Waals surface area contributed by atoms with Crippen molar-refractivity contribution in [2.45, 2.75) is 11.9 Å². The van der Waals surface area contributed by atoms with E-state index in [2.05, 4.69) is 4.90 Å². The first-order valence-corrected chi connectivity index (χ1v) is 5.57. The minimum atomic E-state index is -0.0139. The van der Waals surface area contributed by atoms with E-state index in [4.69, 9.17) is 34.8 Å². The van der Waals surface area contributed by atoms with Gasteiger partial charge in [-0.15, -0.1) is 11.6 Å². The van der Waals surface area contributed by atoms with Gasteiger partial charge in [0.05, 0.1) is 5.38 Å². The summed E-state index contributed by atoms with van der Waals surface area (Å²) >= 11 is 18.3. The van der Waals surface area contributed by atoms with E-state index in [0.717, 1.165) is 24.2 Å². The van der Waals surface area contributed by atoms with Crippen LogP contribution in [-0.4, -0.2) is 18.5 Å². The van der Waals surface area contributed by atoms with E-state index >= 15 is 0 Å². The number of hydrogen-bond acceptors (Lipinski definition) is 1. The van der Waals surface area contributed by atoms with E-state index in [1.54, 1.807) is 6.07 Å². The van der Waals surface area contributed by atoms with Crippen molar-refractivity contribution in [3.63, 3.8) is 0 Å². The molecule has 0 N–H and O–H groups in total. The molecule has 0 saturated heterocycles. The van der Waals surface area contributed by atoms with Crippen molar-refractivity contribution >= 4 is 34.8 Å². The predicted octanol–water partition coefficient (Wildman–Crippen LogP) is 3.72. The van der Waals surface area contributed by atoms with Crippen LogP contribution in [0.5, 0.6) is 0 Å². The molecule has 14 heavy (non-hydrogen) atoms. The zero-order valence-corrected chi connectivity index (χ0v) is 10.00. The average Bonchev–Trinajstić information content (AvgIpc) is 2.07. The van der Waals surface area contributed by atoms with Gasteiger partial charge in [-0.1, -0.05) is 23.2 Å². The van der Waals surface area contributed by atoms with Crippen molar-refractivity contribution < 1.29 is 0 Å². The van der Waals surface area contributed by atoms with Crippen LogP contribution in [0.2, 0.25) is 10.0 Å². The molecule has 76 valence electrons. The number of likely N-dealkylation sites (N-methyl/N-ethyl adjacent to an activating group) is 1. The Morgan fingerprint density at radius 2 is 2.07 bits per heavy atom. The van der Waals surface area contributed by atoms with Gasteiger partial charge in [-0.2, -0.15) is 0 Å². The van der Waals surface area contributed by atoms with Gasteiger partial charge in [0.1, 0.15) is 0 Å². The van der Waals surface area contributed by atoms with Crippen molar-refractivity contribution in [3.8, 4) is 0 Å². The van der Waals surface area contributed by atoms with Crippen molar-refractivity contribution in [2.75, 3.05) is 13.6 Å². The van der Waals surface area contributed by atoms with Gasteiger partial charge < -0.3 is 4.90 Å². The second-order valence-electron chi connectivity index (χ2n) is 3.62. The number of nitrogens with zero attached hydrogens (tertiary/aromatic N) is 1. The Morgan fingerprint density at radius 1 is 1.36 bits per heavy atom. The van der Waals surface area contributed by atoms with Gasteiger partial charge in [-0.3, -0.25) is 0 Å². The van der Waals surface area contributed by atoms with E-state index in [1.165, 1.54) is 0 Å². The van der Waals surface area contributed by atoms with E-state index < -0.39 is 0 Å². The average molecular weight is 251 g/mol. The lowest BCUT2D eigenvalue weighted by Gasteiger charge is -2.29. The largest absolute Gasteiger partial charge is 0.300 e. The lowest BCUT2D eigenvalue weighted by molar-refractivity contribution is 0.308. The maximum atomic E-state index is 6.23. The molecule has 4 heteroatoms. The molecular weight excluding hydrogens is 240 g/mol. The van der Waals surface area contributed by atoms with Crippen molar-refractivity contribution in [1.82, 2.24) is 4.90 Å². The third-order valence-electron chi connectivity index (χ3n) is 2.43. The van der Waals surface area contributed by atoms with Crippen LogP contribution in [0.15, 0.2) is 12.1 Å². The number of fused-ring (bicyclic) bond motifs is 1. The second kappa shape index (κ2) is 3.90. The zero-order chi connectivity index (χ0) is 10.3. The van der Waals surface area contributed by atoms with Crippen LogP contribution in [0.25, 0.3) is 0 Å². The Labute approximate surface area is 98.6 Å². The molecule has 1 nitrogen and oxygen atoms in total. The molecule has 0 bridgehead atoms. The molecule has 0 spiro atoms. The molecule has 0 saturated carbocycles. The van der Waals surface area contributed by atoms with Crippen molar-refractivity contribution in [2.24, 2.45) is 0 Å². The molecule has 1 atom stereocenters. The maximum Gasteiger partial charge on any atom is 0.0716 e. The Kier molecular flexibility index (Phi) is 2.94. The fraction of sp³-hybridized carbons (Fsp3) is 0.400. The fourth-order valence-corrected chi connectivity index (χ4v) is 2.78. The van der Waals surface area contributed by atoms with Gasteiger partial charge in [0.2, 0.25) is 0 Å². The van der Waals surface area contributed by atoms with Gasteiger partial charge in [0.15, 0.2) is 0 Å². The first-order chi connectivity index (χ1) is 6.58. The Balaban J connectivity index is 2.53. The third-order valence-corrected chi connectivity index (χ3v) is 3.36. The fourth-order valence-electron chi connectivity index (χ4n) is 1.78. The summed E-state index contributed by atoms with van der Waals surface area (Å²) in [5, 5.41) is 1.36. The highest BCUT2D eigenvalue weighted by Crippen LogP contribution is 2.36. The first kappa shape index (κ1) is 10.6. The van der Waals surface area contributed by atoms with E-state index in [0.29, 0.717) is 10.0 Å². The summed E-state index contributed by atoms with van der Waals surface area (Å²) in [7, 11) is 2.03. The van der Waals surface area contributed by atoms with E-state index in [1.807, 2.05) is 13.1 Å². The third kappa shape index (κ3) is 1.87. The summed E-state index contributed by atoms with van der Waals surface area (Å²) in [5.41, 5.74) is 2.17. The minimum Gasteiger partial charge on any atom is -0.300 e. The highest BCUT2D eigenvalue weighted by Gasteiger charge is 2.23. The highest BCUT2D eigenvalue weighted by atomic mass is 35.5. The van der Waals surface area contributed by atoms with Crippen LogP contribution in [-0.2, 0) is 6.54 Å².